The SMILES string of the molecule is CCN(CCCO)CCCCc1nc(CCl)cs1. The van der Waals surface area contributed by atoms with Gasteiger partial charge in [-0.3, -0.25) is 0 Å². The third-order valence-electron chi connectivity index (χ3n) is 2.93. The Labute approximate surface area is 119 Å². The maximum Gasteiger partial charge on any atom is 0.0928 e. The van der Waals surface area contributed by atoms with E-state index >= 15 is 0 Å². The predicted octanol–water partition coefficient (Wildman–Crippen LogP) is 2.91. The summed E-state index contributed by atoms with van der Waals surface area (Å²) in [4.78, 5) is 6.85. The number of hydrogen-bond acceptors (Lipinski definition) is 4. The van der Waals surface area contributed by atoms with Crippen LogP contribution in [0.3, 0.4) is 0 Å². The first-order valence-corrected chi connectivity index (χ1v) is 8.04. The molecule has 0 radical (unpaired) electrons. The quantitative estimate of drug-likeness (QED) is 0.532. The van der Waals surface area contributed by atoms with E-state index in [1.54, 1.807) is 11.3 Å². The molecule has 0 amide bonds. The van der Waals surface area contributed by atoms with Gasteiger partial charge in [0.25, 0.3) is 0 Å². The van der Waals surface area contributed by atoms with E-state index in [1.165, 1.54) is 17.8 Å². The van der Waals surface area contributed by atoms with Crippen LogP contribution in [0.2, 0.25) is 0 Å². The Morgan fingerprint density at radius 2 is 2.11 bits per heavy atom. The van der Waals surface area contributed by atoms with Gasteiger partial charge < -0.3 is 10.0 Å². The summed E-state index contributed by atoms with van der Waals surface area (Å²) in [7, 11) is 0. The highest BCUT2D eigenvalue weighted by Crippen LogP contribution is 2.14. The normalized spacial score (nSPS) is 11.3. The summed E-state index contributed by atoms with van der Waals surface area (Å²) in [6.45, 7) is 5.64. The molecule has 0 aliphatic rings. The van der Waals surface area contributed by atoms with Crippen LogP contribution in [0.4, 0.5) is 0 Å². The zero-order valence-corrected chi connectivity index (χ0v) is 12.6. The molecule has 0 unspecified atom stereocenters. The molecule has 0 saturated carbocycles. The summed E-state index contributed by atoms with van der Waals surface area (Å²) >= 11 is 7.44. The minimum atomic E-state index is 0.289. The average Bonchev–Trinajstić information content (AvgIpc) is 2.86. The van der Waals surface area contributed by atoms with Gasteiger partial charge in [0.2, 0.25) is 0 Å². The molecule has 0 fully saturated rings. The highest BCUT2D eigenvalue weighted by molar-refractivity contribution is 7.09. The molecule has 0 bridgehead atoms. The summed E-state index contributed by atoms with van der Waals surface area (Å²) in [5.74, 6) is 0.515. The lowest BCUT2D eigenvalue weighted by atomic mass is 10.2. The molecule has 18 heavy (non-hydrogen) atoms. The first-order chi connectivity index (χ1) is 8.80. The van der Waals surface area contributed by atoms with Crippen molar-refractivity contribution in [1.29, 1.82) is 0 Å². The van der Waals surface area contributed by atoms with E-state index < -0.39 is 0 Å². The lowest BCUT2D eigenvalue weighted by Gasteiger charge is -2.19. The molecule has 0 aliphatic heterocycles. The molecule has 0 atom stereocenters. The van der Waals surface area contributed by atoms with Crippen LogP contribution in [-0.4, -0.2) is 41.2 Å². The number of alkyl halides is 1. The fourth-order valence-electron chi connectivity index (χ4n) is 1.86. The number of aromatic nitrogens is 1. The summed E-state index contributed by atoms with van der Waals surface area (Å²) < 4.78 is 0. The molecule has 3 nitrogen and oxygen atoms in total. The molecule has 1 rings (SSSR count). The molecule has 1 N–H and O–H groups in total. The van der Waals surface area contributed by atoms with Crippen LogP contribution in [0.5, 0.6) is 0 Å². The van der Waals surface area contributed by atoms with Gasteiger partial charge in [0.05, 0.1) is 16.6 Å². The Kier molecular flexibility index (Phi) is 8.59. The molecular weight excluding hydrogens is 268 g/mol. The number of aliphatic hydroxyl groups is 1. The van der Waals surface area contributed by atoms with Gasteiger partial charge in [0, 0.05) is 18.5 Å². The first-order valence-electron chi connectivity index (χ1n) is 6.62. The maximum atomic E-state index is 8.81. The second kappa shape index (κ2) is 9.73. The molecule has 0 spiro atoms. The van der Waals surface area contributed by atoms with Gasteiger partial charge in [-0.15, -0.1) is 22.9 Å². The summed E-state index contributed by atoms with van der Waals surface area (Å²) in [5, 5.41) is 12.1. The van der Waals surface area contributed by atoms with Crippen molar-refractivity contribution < 1.29 is 5.11 Å². The van der Waals surface area contributed by atoms with Crippen molar-refractivity contribution in [3.8, 4) is 0 Å². The molecule has 1 heterocycles. The number of nitrogens with zero attached hydrogens (tertiary/aromatic N) is 2. The second-order valence-corrected chi connectivity index (χ2v) is 5.54. The third kappa shape index (κ3) is 6.14. The molecular formula is C13H23ClN2OS. The monoisotopic (exact) mass is 290 g/mol. The van der Waals surface area contributed by atoms with Crippen molar-refractivity contribution in [3.05, 3.63) is 16.1 Å². The fourth-order valence-corrected chi connectivity index (χ4v) is 2.93. The molecule has 1 aromatic rings. The summed E-state index contributed by atoms with van der Waals surface area (Å²) in [5.41, 5.74) is 0.995. The zero-order valence-electron chi connectivity index (χ0n) is 11.1. The zero-order chi connectivity index (χ0) is 13.2. The van der Waals surface area contributed by atoms with Gasteiger partial charge in [0.15, 0.2) is 0 Å². The smallest absolute Gasteiger partial charge is 0.0928 e. The Morgan fingerprint density at radius 3 is 2.72 bits per heavy atom. The third-order valence-corrected chi connectivity index (χ3v) is 4.16. The van der Waals surface area contributed by atoms with E-state index in [0.717, 1.165) is 38.2 Å². The molecule has 0 saturated heterocycles. The Hall–Kier alpha value is -0.160. The van der Waals surface area contributed by atoms with Gasteiger partial charge in [-0.2, -0.15) is 0 Å². The van der Waals surface area contributed by atoms with Crippen molar-refractivity contribution in [3.63, 3.8) is 0 Å². The van der Waals surface area contributed by atoms with Crippen molar-refractivity contribution in [2.75, 3.05) is 26.2 Å². The predicted molar refractivity (Wildman–Crippen MR) is 78.4 cm³/mol. The second-order valence-electron chi connectivity index (χ2n) is 4.33. The van der Waals surface area contributed by atoms with Crippen LogP contribution in [0.1, 0.15) is 36.9 Å². The number of aryl methyl sites for hydroxylation is 1. The molecule has 104 valence electrons. The Balaban J connectivity index is 2.13. The van der Waals surface area contributed by atoms with Crippen molar-refractivity contribution in [2.24, 2.45) is 0 Å². The first kappa shape index (κ1) is 15.9. The van der Waals surface area contributed by atoms with Gasteiger partial charge in [-0.25, -0.2) is 4.98 Å². The largest absolute Gasteiger partial charge is 0.396 e. The number of halogens is 1. The minimum Gasteiger partial charge on any atom is -0.396 e. The van der Waals surface area contributed by atoms with E-state index in [9.17, 15) is 0 Å². The number of thiazole rings is 1. The van der Waals surface area contributed by atoms with Crippen LogP contribution < -0.4 is 0 Å². The summed E-state index contributed by atoms with van der Waals surface area (Å²) in [6.07, 6.45) is 4.29. The van der Waals surface area contributed by atoms with Gasteiger partial charge in [-0.1, -0.05) is 6.92 Å². The topological polar surface area (TPSA) is 36.4 Å². The van der Waals surface area contributed by atoms with E-state index in [0.29, 0.717) is 5.88 Å². The standard InChI is InChI=1S/C13H23ClN2OS/c1-2-16(8-5-9-17)7-4-3-6-13-15-12(10-14)11-18-13/h11,17H,2-10H2,1H3. The van der Waals surface area contributed by atoms with E-state index in [4.69, 9.17) is 16.7 Å². The van der Waals surface area contributed by atoms with E-state index in [2.05, 4.69) is 16.8 Å². The Bertz CT molecular complexity index is 320. The lowest BCUT2D eigenvalue weighted by Crippen LogP contribution is -2.26. The highest BCUT2D eigenvalue weighted by Gasteiger charge is 2.03. The van der Waals surface area contributed by atoms with Crippen LogP contribution in [0.15, 0.2) is 5.38 Å². The van der Waals surface area contributed by atoms with Crippen LogP contribution in [-0.2, 0) is 12.3 Å². The van der Waals surface area contributed by atoms with Crippen molar-refractivity contribution in [1.82, 2.24) is 9.88 Å². The molecule has 0 aromatic carbocycles. The Morgan fingerprint density at radius 1 is 1.33 bits per heavy atom. The van der Waals surface area contributed by atoms with Crippen LogP contribution in [0, 0.1) is 0 Å². The van der Waals surface area contributed by atoms with Gasteiger partial charge in [0.1, 0.15) is 0 Å². The molecule has 5 heteroatoms. The van der Waals surface area contributed by atoms with Crippen molar-refractivity contribution in [2.45, 2.75) is 38.5 Å². The van der Waals surface area contributed by atoms with E-state index in [-0.39, 0.29) is 6.61 Å². The number of unbranched alkanes of at least 4 members (excludes halogenated alkanes) is 1. The van der Waals surface area contributed by atoms with Crippen molar-refractivity contribution >= 4 is 22.9 Å². The summed E-state index contributed by atoms with van der Waals surface area (Å²) in [6, 6.07) is 0. The van der Waals surface area contributed by atoms with E-state index in [1.807, 2.05) is 5.38 Å². The van der Waals surface area contributed by atoms with Crippen LogP contribution >= 0.6 is 22.9 Å². The average molecular weight is 291 g/mol. The van der Waals surface area contributed by atoms with Gasteiger partial charge in [-0.05, 0) is 38.8 Å². The molecule has 1 aromatic heterocycles. The number of aliphatic hydroxyl groups excluding tert-OH is 1. The lowest BCUT2D eigenvalue weighted by molar-refractivity contribution is 0.228. The number of hydrogen-bond donors (Lipinski definition) is 1. The fraction of sp³-hybridized carbons (Fsp3) is 0.769. The highest BCUT2D eigenvalue weighted by atomic mass is 35.5. The maximum absolute atomic E-state index is 8.81. The van der Waals surface area contributed by atoms with Crippen LogP contribution in [0.25, 0.3) is 0 Å². The van der Waals surface area contributed by atoms with Gasteiger partial charge >= 0.3 is 0 Å². The number of rotatable bonds is 10. The molecule has 0 aliphatic carbocycles. The minimum absolute atomic E-state index is 0.289.